The molecule has 0 heterocycles. The lowest BCUT2D eigenvalue weighted by Crippen LogP contribution is -2.34. The summed E-state index contributed by atoms with van der Waals surface area (Å²) in [5.74, 6) is 1.01. The van der Waals surface area contributed by atoms with Crippen LogP contribution in [0.1, 0.15) is 40.5 Å². The molecule has 0 bridgehead atoms. The van der Waals surface area contributed by atoms with Crippen LogP contribution in [0.4, 0.5) is 0 Å². The minimum atomic E-state index is -0.222. The van der Waals surface area contributed by atoms with Gasteiger partial charge in [0.2, 0.25) is 0 Å². The summed E-state index contributed by atoms with van der Waals surface area (Å²) in [6.07, 6.45) is 1.87. The summed E-state index contributed by atoms with van der Waals surface area (Å²) in [5.41, 5.74) is 0. The monoisotopic (exact) mass is 231 g/mol. The lowest BCUT2D eigenvalue weighted by molar-refractivity contribution is 0.0885. The molecule has 3 heteroatoms. The molecule has 0 amide bonds. The summed E-state index contributed by atoms with van der Waals surface area (Å²) >= 11 is 0. The van der Waals surface area contributed by atoms with Crippen molar-refractivity contribution >= 4 is 0 Å². The van der Waals surface area contributed by atoms with Crippen molar-refractivity contribution in [2.45, 2.75) is 46.6 Å². The largest absolute Gasteiger partial charge is 0.392 e. The maximum atomic E-state index is 9.85. The van der Waals surface area contributed by atoms with Gasteiger partial charge in [-0.3, -0.25) is 0 Å². The smallest absolute Gasteiger partial charge is 0.0692 e. The molecule has 98 valence electrons. The van der Waals surface area contributed by atoms with Crippen LogP contribution in [0.2, 0.25) is 0 Å². The van der Waals surface area contributed by atoms with Crippen LogP contribution in [-0.4, -0.2) is 37.5 Å². The van der Waals surface area contributed by atoms with E-state index in [1.54, 1.807) is 0 Å². The Hall–Kier alpha value is -0.120. The SMILES string of the molecule is CCC(CC)C(O)CNCCOCC(C)C. The molecule has 0 spiro atoms. The van der Waals surface area contributed by atoms with E-state index in [9.17, 15) is 5.11 Å². The first-order chi connectivity index (χ1) is 7.61. The van der Waals surface area contributed by atoms with E-state index in [4.69, 9.17) is 4.74 Å². The van der Waals surface area contributed by atoms with E-state index < -0.39 is 0 Å². The standard InChI is InChI=1S/C13H29NO2/c1-5-12(6-2)13(15)9-14-7-8-16-10-11(3)4/h11-15H,5-10H2,1-4H3. The highest BCUT2D eigenvalue weighted by atomic mass is 16.5. The summed E-state index contributed by atoms with van der Waals surface area (Å²) in [7, 11) is 0. The molecule has 0 aromatic heterocycles. The quantitative estimate of drug-likeness (QED) is 0.565. The fourth-order valence-electron chi connectivity index (χ4n) is 1.71. The molecule has 0 rings (SSSR count). The minimum Gasteiger partial charge on any atom is -0.392 e. The highest BCUT2D eigenvalue weighted by Crippen LogP contribution is 2.11. The molecule has 0 aliphatic carbocycles. The van der Waals surface area contributed by atoms with Crippen LogP contribution in [0.25, 0.3) is 0 Å². The molecule has 2 N–H and O–H groups in total. The number of nitrogens with one attached hydrogen (secondary N) is 1. The van der Waals surface area contributed by atoms with E-state index in [2.05, 4.69) is 33.0 Å². The highest BCUT2D eigenvalue weighted by molar-refractivity contribution is 4.68. The number of aliphatic hydroxyl groups excluding tert-OH is 1. The number of aliphatic hydroxyl groups is 1. The first-order valence-corrected chi connectivity index (χ1v) is 6.58. The van der Waals surface area contributed by atoms with Gasteiger partial charge >= 0.3 is 0 Å². The Morgan fingerprint density at radius 2 is 1.81 bits per heavy atom. The normalized spacial score (nSPS) is 13.7. The van der Waals surface area contributed by atoms with E-state index in [-0.39, 0.29) is 6.10 Å². The zero-order valence-corrected chi connectivity index (χ0v) is 11.3. The first kappa shape index (κ1) is 15.9. The second kappa shape index (κ2) is 10.1. The van der Waals surface area contributed by atoms with Crippen LogP contribution >= 0.6 is 0 Å². The van der Waals surface area contributed by atoms with Gasteiger partial charge in [0.15, 0.2) is 0 Å². The Balaban J connectivity index is 3.36. The van der Waals surface area contributed by atoms with E-state index in [1.165, 1.54) is 0 Å². The van der Waals surface area contributed by atoms with Crippen molar-refractivity contribution in [2.75, 3.05) is 26.3 Å². The maximum Gasteiger partial charge on any atom is 0.0692 e. The third-order valence-corrected chi connectivity index (χ3v) is 2.82. The number of hydrogen-bond donors (Lipinski definition) is 2. The molecule has 1 unspecified atom stereocenters. The fourth-order valence-corrected chi connectivity index (χ4v) is 1.71. The third kappa shape index (κ3) is 8.08. The van der Waals surface area contributed by atoms with Gasteiger partial charge in [-0.15, -0.1) is 0 Å². The van der Waals surface area contributed by atoms with Crippen molar-refractivity contribution in [1.82, 2.24) is 5.32 Å². The molecule has 0 aromatic rings. The maximum absolute atomic E-state index is 9.85. The molecule has 0 aliphatic heterocycles. The lowest BCUT2D eigenvalue weighted by atomic mass is 9.97. The predicted octanol–water partition coefficient (Wildman–Crippen LogP) is 2.05. The molecular formula is C13H29NO2. The Morgan fingerprint density at radius 1 is 1.19 bits per heavy atom. The second-order valence-corrected chi connectivity index (χ2v) is 4.82. The van der Waals surface area contributed by atoms with Crippen molar-refractivity contribution in [3.8, 4) is 0 Å². The van der Waals surface area contributed by atoms with Gasteiger partial charge in [-0.2, -0.15) is 0 Å². The van der Waals surface area contributed by atoms with Crippen molar-refractivity contribution in [1.29, 1.82) is 0 Å². The van der Waals surface area contributed by atoms with Crippen LogP contribution in [-0.2, 0) is 4.74 Å². The minimum absolute atomic E-state index is 0.222. The van der Waals surface area contributed by atoms with Gasteiger partial charge in [-0.05, 0) is 11.8 Å². The molecule has 1 atom stereocenters. The summed E-state index contributed by atoms with van der Waals surface area (Å²) in [4.78, 5) is 0. The van der Waals surface area contributed by atoms with Gasteiger partial charge in [0.1, 0.15) is 0 Å². The van der Waals surface area contributed by atoms with Crippen LogP contribution in [0, 0.1) is 11.8 Å². The molecule has 3 nitrogen and oxygen atoms in total. The average molecular weight is 231 g/mol. The summed E-state index contributed by atoms with van der Waals surface area (Å²) in [5, 5.41) is 13.1. The third-order valence-electron chi connectivity index (χ3n) is 2.82. The van der Waals surface area contributed by atoms with Crippen molar-refractivity contribution in [3.05, 3.63) is 0 Å². The Bertz CT molecular complexity index is 147. The Morgan fingerprint density at radius 3 is 2.31 bits per heavy atom. The van der Waals surface area contributed by atoms with Crippen LogP contribution < -0.4 is 5.32 Å². The number of ether oxygens (including phenoxy) is 1. The average Bonchev–Trinajstić information content (AvgIpc) is 2.24. The number of rotatable bonds is 10. The zero-order chi connectivity index (χ0) is 12.4. The lowest BCUT2D eigenvalue weighted by Gasteiger charge is -2.20. The van der Waals surface area contributed by atoms with Gasteiger partial charge in [0, 0.05) is 19.7 Å². The number of hydrogen-bond acceptors (Lipinski definition) is 3. The van der Waals surface area contributed by atoms with Crippen molar-refractivity contribution in [2.24, 2.45) is 11.8 Å². The van der Waals surface area contributed by atoms with Gasteiger partial charge in [-0.1, -0.05) is 40.5 Å². The van der Waals surface area contributed by atoms with E-state index >= 15 is 0 Å². The molecule has 0 radical (unpaired) electrons. The van der Waals surface area contributed by atoms with Gasteiger partial charge in [-0.25, -0.2) is 0 Å². The topological polar surface area (TPSA) is 41.5 Å². The highest BCUT2D eigenvalue weighted by Gasteiger charge is 2.14. The van der Waals surface area contributed by atoms with E-state index in [0.717, 1.165) is 32.6 Å². The second-order valence-electron chi connectivity index (χ2n) is 4.82. The summed E-state index contributed by atoms with van der Waals surface area (Å²) < 4.78 is 5.45. The fraction of sp³-hybridized carbons (Fsp3) is 1.00. The Kier molecular flexibility index (Phi) is 9.99. The van der Waals surface area contributed by atoms with Crippen molar-refractivity contribution < 1.29 is 9.84 Å². The van der Waals surface area contributed by atoms with Gasteiger partial charge < -0.3 is 15.2 Å². The van der Waals surface area contributed by atoms with Crippen LogP contribution in [0.5, 0.6) is 0 Å². The predicted molar refractivity (Wildman–Crippen MR) is 68.6 cm³/mol. The van der Waals surface area contributed by atoms with Crippen LogP contribution in [0.3, 0.4) is 0 Å². The molecule has 0 aromatic carbocycles. The van der Waals surface area contributed by atoms with Gasteiger partial charge in [0.05, 0.1) is 12.7 Å². The molecule has 16 heavy (non-hydrogen) atoms. The van der Waals surface area contributed by atoms with Crippen molar-refractivity contribution in [3.63, 3.8) is 0 Å². The molecule has 0 saturated heterocycles. The van der Waals surface area contributed by atoms with Gasteiger partial charge in [0.25, 0.3) is 0 Å². The van der Waals surface area contributed by atoms with E-state index in [0.29, 0.717) is 18.4 Å². The molecule has 0 fully saturated rings. The molecule has 0 saturated carbocycles. The Labute approximate surface area is 101 Å². The summed E-state index contributed by atoms with van der Waals surface area (Å²) in [6, 6.07) is 0. The summed E-state index contributed by atoms with van der Waals surface area (Å²) in [6.45, 7) is 11.6. The zero-order valence-electron chi connectivity index (χ0n) is 11.3. The van der Waals surface area contributed by atoms with Crippen LogP contribution in [0.15, 0.2) is 0 Å². The molecule has 0 aliphatic rings. The first-order valence-electron chi connectivity index (χ1n) is 6.58. The van der Waals surface area contributed by atoms with E-state index in [1.807, 2.05) is 0 Å². The molecular weight excluding hydrogens is 202 g/mol.